The third-order valence-corrected chi connectivity index (χ3v) is 3.69. The molecule has 1 aliphatic heterocycles. The molecule has 1 aliphatic rings. The van der Waals surface area contributed by atoms with Gasteiger partial charge in [-0.2, -0.15) is 0 Å². The summed E-state index contributed by atoms with van der Waals surface area (Å²) < 4.78 is 10.9. The second-order valence-corrected chi connectivity index (χ2v) is 6.35. The highest BCUT2D eigenvalue weighted by molar-refractivity contribution is 5.71. The molecule has 0 radical (unpaired) electrons. The third-order valence-electron chi connectivity index (χ3n) is 3.69. The summed E-state index contributed by atoms with van der Waals surface area (Å²) in [6.07, 6.45) is 0.409. The van der Waals surface area contributed by atoms with Gasteiger partial charge in [-0.15, -0.1) is 0 Å². The number of fused-ring (bicyclic) bond motifs is 1. The molecule has 5 heteroatoms. The number of nitrogens with two attached hydrogens (primary N) is 1. The summed E-state index contributed by atoms with van der Waals surface area (Å²) in [7, 11) is 1.63. The Hall–Kier alpha value is -1.91. The van der Waals surface area contributed by atoms with Crippen LogP contribution in [0.2, 0.25) is 0 Å². The van der Waals surface area contributed by atoms with Gasteiger partial charge in [-0.25, -0.2) is 4.79 Å². The van der Waals surface area contributed by atoms with Crippen LogP contribution in [0.25, 0.3) is 0 Å². The standard InChI is InChI=1S/C16H24N2O3/c1-10-14-11(12(17)6-7-13(14)20-5)8-9-18(10)15(19)21-16(2,3)4/h6-7,10H,8-9,17H2,1-5H3. The lowest BCUT2D eigenvalue weighted by Crippen LogP contribution is -2.42. The second-order valence-electron chi connectivity index (χ2n) is 6.35. The first-order chi connectivity index (χ1) is 9.74. The van der Waals surface area contributed by atoms with Crippen molar-refractivity contribution in [2.45, 2.75) is 45.8 Å². The van der Waals surface area contributed by atoms with Crippen LogP contribution < -0.4 is 10.5 Å². The first kappa shape index (κ1) is 15.5. The van der Waals surface area contributed by atoms with Crippen LogP contribution in [0.5, 0.6) is 5.75 Å². The Balaban J connectivity index is 2.34. The zero-order valence-electron chi connectivity index (χ0n) is 13.4. The SMILES string of the molecule is COc1ccc(N)c2c1C(C)N(C(=O)OC(C)(C)C)CC2. The largest absolute Gasteiger partial charge is 0.496 e. The van der Waals surface area contributed by atoms with Crippen LogP contribution in [-0.4, -0.2) is 30.2 Å². The van der Waals surface area contributed by atoms with Gasteiger partial charge in [0.25, 0.3) is 0 Å². The maximum atomic E-state index is 12.4. The number of benzene rings is 1. The molecule has 21 heavy (non-hydrogen) atoms. The molecule has 0 spiro atoms. The number of hydrogen-bond donors (Lipinski definition) is 1. The highest BCUT2D eigenvalue weighted by Gasteiger charge is 2.33. The number of carbonyl (C=O) groups excluding carboxylic acids is 1. The Labute approximate surface area is 126 Å². The molecule has 1 unspecified atom stereocenters. The van der Waals surface area contributed by atoms with E-state index < -0.39 is 5.60 Å². The first-order valence-electron chi connectivity index (χ1n) is 7.19. The first-order valence-corrected chi connectivity index (χ1v) is 7.19. The molecule has 1 aromatic rings. The molecule has 5 nitrogen and oxygen atoms in total. The minimum atomic E-state index is -0.503. The van der Waals surface area contributed by atoms with Crippen LogP contribution in [0.3, 0.4) is 0 Å². The van der Waals surface area contributed by atoms with Gasteiger partial charge >= 0.3 is 6.09 Å². The Bertz CT molecular complexity index is 549. The summed E-state index contributed by atoms with van der Waals surface area (Å²) in [5.74, 6) is 0.764. The van der Waals surface area contributed by atoms with E-state index in [0.29, 0.717) is 13.0 Å². The summed E-state index contributed by atoms with van der Waals surface area (Å²) in [5.41, 5.74) is 8.36. The molecule has 2 rings (SSSR count). The minimum absolute atomic E-state index is 0.123. The average molecular weight is 292 g/mol. The molecule has 1 atom stereocenters. The van der Waals surface area contributed by atoms with Crippen molar-refractivity contribution in [1.29, 1.82) is 0 Å². The van der Waals surface area contributed by atoms with Gasteiger partial charge in [-0.05, 0) is 51.8 Å². The smallest absolute Gasteiger partial charge is 0.410 e. The fraction of sp³-hybridized carbons (Fsp3) is 0.562. The molecular formula is C16H24N2O3. The number of anilines is 1. The lowest BCUT2D eigenvalue weighted by Gasteiger charge is -2.37. The van der Waals surface area contributed by atoms with Crippen molar-refractivity contribution >= 4 is 11.8 Å². The highest BCUT2D eigenvalue weighted by atomic mass is 16.6. The second kappa shape index (κ2) is 5.47. The lowest BCUT2D eigenvalue weighted by atomic mass is 9.91. The quantitative estimate of drug-likeness (QED) is 0.808. The number of nitrogen functional groups attached to an aromatic ring is 1. The fourth-order valence-electron chi connectivity index (χ4n) is 2.73. The van der Waals surface area contributed by atoms with E-state index in [0.717, 1.165) is 22.6 Å². The monoisotopic (exact) mass is 292 g/mol. The van der Waals surface area contributed by atoms with Gasteiger partial charge in [0.05, 0.1) is 13.2 Å². The van der Waals surface area contributed by atoms with Gasteiger partial charge in [-0.1, -0.05) is 0 Å². The van der Waals surface area contributed by atoms with Crippen molar-refractivity contribution in [2.75, 3.05) is 19.4 Å². The summed E-state index contributed by atoms with van der Waals surface area (Å²) in [4.78, 5) is 14.1. The minimum Gasteiger partial charge on any atom is -0.496 e. The summed E-state index contributed by atoms with van der Waals surface area (Å²) in [5, 5.41) is 0. The average Bonchev–Trinajstić information content (AvgIpc) is 2.38. The van der Waals surface area contributed by atoms with E-state index in [1.54, 1.807) is 12.0 Å². The van der Waals surface area contributed by atoms with Crippen LogP contribution >= 0.6 is 0 Å². The predicted octanol–water partition coefficient (Wildman–Crippen LogP) is 3.13. The normalized spacial score (nSPS) is 18.1. The number of carbonyl (C=O) groups is 1. The third kappa shape index (κ3) is 3.06. The van der Waals surface area contributed by atoms with Crippen molar-refractivity contribution in [2.24, 2.45) is 0 Å². The lowest BCUT2D eigenvalue weighted by molar-refractivity contribution is 0.0158. The summed E-state index contributed by atoms with van der Waals surface area (Å²) in [6, 6.07) is 3.58. The van der Waals surface area contributed by atoms with Gasteiger partial charge in [-0.3, -0.25) is 0 Å². The topological polar surface area (TPSA) is 64.8 Å². The summed E-state index contributed by atoms with van der Waals surface area (Å²) in [6.45, 7) is 8.18. The number of methoxy groups -OCH3 is 1. The molecule has 1 aromatic carbocycles. The van der Waals surface area contributed by atoms with Gasteiger partial charge in [0.15, 0.2) is 0 Å². The number of nitrogens with zero attached hydrogens (tertiary/aromatic N) is 1. The molecule has 0 aliphatic carbocycles. The maximum absolute atomic E-state index is 12.4. The zero-order valence-corrected chi connectivity index (χ0v) is 13.4. The molecule has 0 saturated carbocycles. The number of hydrogen-bond acceptors (Lipinski definition) is 4. The predicted molar refractivity (Wildman–Crippen MR) is 82.5 cm³/mol. The number of ether oxygens (including phenoxy) is 2. The molecule has 0 aromatic heterocycles. The molecule has 0 saturated heterocycles. The van der Waals surface area contributed by atoms with Gasteiger partial charge in [0, 0.05) is 17.8 Å². The van der Waals surface area contributed by atoms with Crippen molar-refractivity contribution in [1.82, 2.24) is 4.90 Å². The molecule has 2 N–H and O–H groups in total. The van der Waals surface area contributed by atoms with Gasteiger partial charge < -0.3 is 20.1 Å². The van der Waals surface area contributed by atoms with Crippen LogP contribution in [0, 0.1) is 0 Å². The molecular weight excluding hydrogens is 268 g/mol. The Morgan fingerprint density at radius 1 is 1.38 bits per heavy atom. The highest BCUT2D eigenvalue weighted by Crippen LogP contribution is 2.39. The van der Waals surface area contributed by atoms with Crippen LogP contribution in [-0.2, 0) is 11.2 Å². The number of amides is 1. The molecule has 0 fully saturated rings. The van der Waals surface area contributed by atoms with E-state index >= 15 is 0 Å². The molecule has 1 amide bonds. The van der Waals surface area contributed by atoms with E-state index in [4.69, 9.17) is 15.2 Å². The van der Waals surface area contributed by atoms with E-state index in [9.17, 15) is 4.79 Å². The van der Waals surface area contributed by atoms with E-state index in [1.165, 1.54) is 0 Å². The number of rotatable bonds is 1. The zero-order chi connectivity index (χ0) is 15.8. The Morgan fingerprint density at radius 2 is 2.05 bits per heavy atom. The fourth-order valence-corrected chi connectivity index (χ4v) is 2.73. The molecule has 0 bridgehead atoms. The van der Waals surface area contributed by atoms with Crippen LogP contribution in [0.15, 0.2) is 12.1 Å². The van der Waals surface area contributed by atoms with Crippen molar-refractivity contribution < 1.29 is 14.3 Å². The van der Waals surface area contributed by atoms with Crippen LogP contribution in [0.4, 0.5) is 10.5 Å². The van der Waals surface area contributed by atoms with E-state index in [1.807, 2.05) is 39.8 Å². The molecule has 1 heterocycles. The van der Waals surface area contributed by atoms with Crippen molar-refractivity contribution in [3.05, 3.63) is 23.3 Å². The Kier molecular flexibility index (Phi) is 4.03. The van der Waals surface area contributed by atoms with Crippen molar-refractivity contribution in [3.8, 4) is 5.75 Å². The van der Waals surface area contributed by atoms with Gasteiger partial charge in [0.2, 0.25) is 0 Å². The maximum Gasteiger partial charge on any atom is 0.410 e. The van der Waals surface area contributed by atoms with E-state index in [2.05, 4.69) is 0 Å². The van der Waals surface area contributed by atoms with Gasteiger partial charge in [0.1, 0.15) is 11.4 Å². The molecule has 116 valence electrons. The van der Waals surface area contributed by atoms with Crippen LogP contribution in [0.1, 0.15) is 44.9 Å². The Morgan fingerprint density at radius 3 is 2.62 bits per heavy atom. The van der Waals surface area contributed by atoms with Crippen molar-refractivity contribution in [3.63, 3.8) is 0 Å². The summed E-state index contributed by atoms with van der Waals surface area (Å²) >= 11 is 0. The van der Waals surface area contributed by atoms with E-state index in [-0.39, 0.29) is 12.1 Å².